The second-order valence-corrected chi connectivity index (χ2v) is 4.88. The van der Waals surface area contributed by atoms with Gasteiger partial charge in [0.15, 0.2) is 0 Å². The van der Waals surface area contributed by atoms with Crippen molar-refractivity contribution in [1.82, 2.24) is 4.40 Å². The fraction of sp³-hybridized carbons (Fsp3) is 0.111. The van der Waals surface area contributed by atoms with Gasteiger partial charge in [-0.3, -0.25) is 4.72 Å². The van der Waals surface area contributed by atoms with Crippen molar-refractivity contribution in [3.8, 4) is 0 Å². The van der Waals surface area contributed by atoms with Gasteiger partial charge in [0.1, 0.15) is 0 Å². The number of pyridine rings is 1. The topological polar surface area (TPSA) is 50.6 Å². The molecule has 0 saturated heterocycles. The highest BCUT2D eigenvalue weighted by atomic mass is 32.2. The molecular formula is C9H10N2O2S. The Labute approximate surface area is 82.2 Å². The maximum absolute atomic E-state index is 11.0. The van der Waals surface area contributed by atoms with Gasteiger partial charge in [0, 0.05) is 17.9 Å². The summed E-state index contributed by atoms with van der Waals surface area (Å²) < 4.78 is 26.2. The number of hydrogen-bond donors (Lipinski definition) is 1. The smallest absolute Gasteiger partial charge is 0.229 e. The van der Waals surface area contributed by atoms with Gasteiger partial charge in [0.05, 0.1) is 11.9 Å². The summed E-state index contributed by atoms with van der Waals surface area (Å²) in [5.41, 5.74) is 1.60. The van der Waals surface area contributed by atoms with Crippen molar-refractivity contribution < 1.29 is 8.42 Å². The van der Waals surface area contributed by atoms with Crippen LogP contribution >= 0.6 is 0 Å². The minimum atomic E-state index is -3.19. The van der Waals surface area contributed by atoms with Gasteiger partial charge < -0.3 is 4.40 Å². The molecule has 0 atom stereocenters. The molecule has 14 heavy (non-hydrogen) atoms. The number of aromatic nitrogens is 1. The predicted octanol–water partition coefficient (Wildman–Crippen LogP) is 1.31. The average Bonchev–Trinajstić information content (AvgIpc) is 2.47. The highest BCUT2D eigenvalue weighted by Gasteiger charge is 2.01. The molecule has 0 bridgehead atoms. The van der Waals surface area contributed by atoms with Gasteiger partial charge in [-0.25, -0.2) is 8.42 Å². The molecule has 0 fully saturated rings. The Morgan fingerprint density at radius 1 is 1.29 bits per heavy atom. The van der Waals surface area contributed by atoms with Crippen LogP contribution in [0.4, 0.5) is 5.69 Å². The fourth-order valence-electron chi connectivity index (χ4n) is 1.31. The zero-order chi connectivity index (χ0) is 10.2. The van der Waals surface area contributed by atoms with E-state index in [0.717, 1.165) is 11.8 Å². The number of sulfonamides is 1. The number of nitrogens with zero attached hydrogens (tertiary/aromatic N) is 1. The first-order valence-electron chi connectivity index (χ1n) is 4.09. The van der Waals surface area contributed by atoms with E-state index in [1.165, 1.54) is 0 Å². The van der Waals surface area contributed by atoms with Gasteiger partial charge in [0.25, 0.3) is 0 Å². The molecule has 0 saturated carbocycles. The lowest BCUT2D eigenvalue weighted by Gasteiger charge is -2.04. The summed E-state index contributed by atoms with van der Waals surface area (Å²) >= 11 is 0. The highest BCUT2D eigenvalue weighted by molar-refractivity contribution is 7.92. The molecule has 2 heterocycles. The van der Waals surface area contributed by atoms with Crippen molar-refractivity contribution in [2.75, 3.05) is 11.0 Å². The summed E-state index contributed by atoms with van der Waals surface area (Å²) in [4.78, 5) is 0. The van der Waals surface area contributed by atoms with Crippen LogP contribution in [0, 0.1) is 0 Å². The Bertz CT molecular complexity index is 557. The van der Waals surface area contributed by atoms with Crippen LogP contribution in [0.5, 0.6) is 0 Å². The number of rotatable bonds is 2. The van der Waals surface area contributed by atoms with E-state index in [1.54, 1.807) is 12.3 Å². The first-order valence-corrected chi connectivity index (χ1v) is 5.98. The Kier molecular flexibility index (Phi) is 1.96. The molecule has 0 aliphatic carbocycles. The van der Waals surface area contributed by atoms with E-state index in [9.17, 15) is 8.42 Å². The van der Waals surface area contributed by atoms with Crippen LogP contribution in [-0.4, -0.2) is 19.1 Å². The molecule has 0 aromatic carbocycles. The molecular weight excluding hydrogens is 200 g/mol. The van der Waals surface area contributed by atoms with Crippen molar-refractivity contribution >= 4 is 21.2 Å². The van der Waals surface area contributed by atoms with E-state index < -0.39 is 10.0 Å². The van der Waals surface area contributed by atoms with Gasteiger partial charge in [-0.05, 0) is 24.3 Å². The Morgan fingerprint density at radius 3 is 2.79 bits per heavy atom. The third-order valence-corrected chi connectivity index (χ3v) is 2.43. The molecule has 0 aliphatic heterocycles. The molecule has 0 unspecified atom stereocenters. The van der Waals surface area contributed by atoms with E-state index >= 15 is 0 Å². The van der Waals surface area contributed by atoms with Crippen LogP contribution in [0.1, 0.15) is 0 Å². The number of fused-ring (bicyclic) bond motifs is 1. The van der Waals surface area contributed by atoms with Crippen molar-refractivity contribution in [2.24, 2.45) is 0 Å². The molecule has 4 nitrogen and oxygen atoms in total. The maximum Gasteiger partial charge on any atom is 0.229 e. The van der Waals surface area contributed by atoms with Crippen LogP contribution < -0.4 is 4.72 Å². The summed E-state index contributed by atoms with van der Waals surface area (Å²) in [5.74, 6) is 0. The van der Waals surface area contributed by atoms with Gasteiger partial charge in [-0.15, -0.1) is 0 Å². The lowest BCUT2D eigenvalue weighted by molar-refractivity contribution is 0.607. The highest BCUT2D eigenvalue weighted by Crippen LogP contribution is 2.12. The molecule has 74 valence electrons. The second kappa shape index (κ2) is 3.02. The van der Waals surface area contributed by atoms with Crippen molar-refractivity contribution in [3.63, 3.8) is 0 Å². The van der Waals surface area contributed by atoms with E-state index in [4.69, 9.17) is 0 Å². The van der Waals surface area contributed by atoms with Crippen LogP contribution in [0.3, 0.4) is 0 Å². The first kappa shape index (κ1) is 9.08. The van der Waals surface area contributed by atoms with Gasteiger partial charge in [-0.1, -0.05) is 0 Å². The van der Waals surface area contributed by atoms with Crippen molar-refractivity contribution in [2.45, 2.75) is 0 Å². The van der Waals surface area contributed by atoms with Crippen molar-refractivity contribution in [3.05, 3.63) is 36.7 Å². The molecule has 0 spiro atoms. The van der Waals surface area contributed by atoms with Crippen molar-refractivity contribution in [1.29, 1.82) is 0 Å². The third kappa shape index (κ3) is 1.88. The average molecular weight is 210 g/mol. The number of anilines is 1. The standard InChI is InChI=1S/C9H10N2O2S/c1-14(12,13)10-8-4-5-9-3-2-6-11(9)7-8/h2-7,10H,1H3. The predicted molar refractivity (Wildman–Crippen MR) is 55.9 cm³/mol. The monoisotopic (exact) mass is 210 g/mol. The molecule has 2 rings (SSSR count). The van der Waals surface area contributed by atoms with Crippen LogP contribution in [-0.2, 0) is 10.0 Å². The SMILES string of the molecule is CS(=O)(=O)Nc1ccc2cccn2c1. The largest absolute Gasteiger partial charge is 0.322 e. The summed E-state index contributed by atoms with van der Waals surface area (Å²) in [7, 11) is -3.19. The molecule has 2 aromatic heterocycles. The summed E-state index contributed by atoms with van der Waals surface area (Å²) in [6.07, 6.45) is 4.73. The molecule has 2 aromatic rings. The normalized spacial score (nSPS) is 11.8. The maximum atomic E-state index is 11.0. The van der Waals surface area contributed by atoms with E-state index in [2.05, 4.69) is 4.72 Å². The lowest BCUT2D eigenvalue weighted by atomic mass is 10.4. The number of nitrogens with one attached hydrogen (secondary N) is 1. The van der Waals surface area contributed by atoms with Crippen LogP contribution in [0.2, 0.25) is 0 Å². The Morgan fingerprint density at radius 2 is 2.07 bits per heavy atom. The molecule has 0 radical (unpaired) electrons. The third-order valence-electron chi connectivity index (χ3n) is 1.83. The minimum absolute atomic E-state index is 0.566. The van der Waals surface area contributed by atoms with Gasteiger partial charge >= 0.3 is 0 Å². The van der Waals surface area contributed by atoms with Gasteiger partial charge in [0.2, 0.25) is 10.0 Å². The molecule has 5 heteroatoms. The van der Waals surface area contributed by atoms with E-state index in [-0.39, 0.29) is 0 Å². The van der Waals surface area contributed by atoms with E-state index in [1.807, 2.05) is 28.8 Å². The summed E-state index contributed by atoms with van der Waals surface area (Å²) in [5, 5.41) is 0. The minimum Gasteiger partial charge on any atom is -0.322 e. The van der Waals surface area contributed by atoms with E-state index in [0.29, 0.717) is 5.69 Å². The molecule has 0 aliphatic rings. The molecule has 0 amide bonds. The van der Waals surface area contributed by atoms with Crippen LogP contribution in [0.25, 0.3) is 5.52 Å². The lowest BCUT2D eigenvalue weighted by Crippen LogP contribution is -2.09. The number of hydrogen-bond acceptors (Lipinski definition) is 2. The second-order valence-electron chi connectivity index (χ2n) is 3.13. The quantitative estimate of drug-likeness (QED) is 0.812. The first-order chi connectivity index (χ1) is 6.54. The van der Waals surface area contributed by atoms with Crippen LogP contribution in [0.15, 0.2) is 36.7 Å². The molecule has 1 N–H and O–H groups in total. The summed E-state index contributed by atoms with van der Waals surface area (Å²) in [6.45, 7) is 0. The zero-order valence-corrected chi connectivity index (χ0v) is 8.45. The Hall–Kier alpha value is -1.49. The van der Waals surface area contributed by atoms with Gasteiger partial charge in [-0.2, -0.15) is 0 Å². The Balaban J connectivity index is 2.44. The zero-order valence-electron chi connectivity index (χ0n) is 7.64. The summed E-state index contributed by atoms with van der Waals surface area (Å²) in [6, 6.07) is 7.44. The fourth-order valence-corrected chi connectivity index (χ4v) is 1.86.